The number of halogens is 3. The first-order chi connectivity index (χ1) is 13.3. The van der Waals surface area contributed by atoms with Gasteiger partial charge in [-0.25, -0.2) is 4.79 Å². The quantitative estimate of drug-likeness (QED) is 0.485. The smallest absolute Gasteiger partial charge is 0.392 e. The molecule has 0 aliphatic carbocycles. The Bertz CT molecular complexity index is 1070. The van der Waals surface area contributed by atoms with Crippen LogP contribution in [0, 0.1) is 6.92 Å². The summed E-state index contributed by atoms with van der Waals surface area (Å²) in [6, 6.07) is 11.7. The number of hydrogen-bond acceptors (Lipinski definition) is 5. The van der Waals surface area contributed by atoms with E-state index in [1.165, 1.54) is 12.1 Å². The van der Waals surface area contributed by atoms with E-state index in [0.29, 0.717) is 16.8 Å². The van der Waals surface area contributed by atoms with E-state index in [1.807, 2.05) is 0 Å². The summed E-state index contributed by atoms with van der Waals surface area (Å²) in [5.74, 6) is -0.410. The van der Waals surface area contributed by atoms with E-state index < -0.39 is 17.5 Å². The number of oxime groups is 1. The number of aromatic nitrogens is 2. The van der Waals surface area contributed by atoms with Gasteiger partial charge >= 0.3 is 11.9 Å². The molecule has 0 N–H and O–H groups in total. The average Bonchev–Trinajstić information content (AvgIpc) is 2.99. The van der Waals surface area contributed by atoms with Gasteiger partial charge in [-0.3, -0.25) is 0 Å². The zero-order valence-corrected chi connectivity index (χ0v) is 15.0. The molecule has 0 atom stereocenters. The minimum absolute atomic E-state index is 0.00910. The highest BCUT2D eigenvalue weighted by Crippen LogP contribution is 2.29. The first kappa shape index (κ1) is 19.4. The Morgan fingerprint density at radius 2 is 1.96 bits per heavy atom. The molecule has 28 heavy (non-hydrogen) atoms. The molecule has 9 heteroatoms. The third kappa shape index (κ3) is 4.30. The third-order valence-electron chi connectivity index (χ3n) is 3.90. The molecule has 0 saturated carbocycles. The van der Waals surface area contributed by atoms with Gasteiger partial charge in [0.2, 0.25) is 5.89 Å². The summed E-state index contributed by atoms with van der Waals surface area (Å²) < 4.78 is 44.5. The van der Waals surface area contributed by atoms with Crippen LogP contribution < -0.4 is 5.76 Å². The van der Waals surface area contributed by atoms with Gasteiger partial charge in [0.15, 0.2) is 0 Å². The maximum atomic E-state index is 12.8. The lowest BCUT2D eigenvalue weighted by molar-refractivity contribution is -0.137. The minimum Gasteiger partial charge on any atom is -0.392 e. The summed E-state index contributed by atoms with van der Waals surface area (Å²) in [6.07, 6.45) is -4.43. The Hall–Kier alpha value is -3.36. The van der Waals surface area contributed by atoms with Crippen molar-refractivity contribution in [2.24, 2.45) is 5.16 Å². The molecule has 0 aliphatic heterocycles. The molecule has 0 saturated heterocycles. The highest BCUT2D eigenvalue weighted by Gasteiger charge is 2.30. The van der Waals surface area contributed by atoms with Crippen LogP contribution in [0.2, 0.25) is 0 Å². The van der Waals surface area contributed by atoms with E-state index in [0.717, 1.165) is 16.8 Å². The fraction of sp³-hybridized carbons (Fsp3) is 0.211. The molecular weight excluding hydrogens is 375 g/mol. The molecule has 3 rings (SSSR count). The van der Waals surface area contributed by atoms with Crippen LogP contribution in [0.25, 0.3) is 5.69 Å². The largest absolute Gasteiger partial charge is 0.441 e. The lowest BCUT2D eigenvalue weighted by atomic mass is 10.1. The molecule has 0 fully saturated rings. The highest BCUT2D eigenvalue weighted by molar-refractivity contribution is 5.98. The molecule has 6 nitrogen and oxygen atoms in total. The van der Waals surface area contributed by atoms with Crippen molar-refractivity contribution in [2.45, 2.75) is 26.6 Å². The predicted octanol–water partition coefficient (Wildman–Crippen LogP) is 4.09. The van der Waals surface area contributed by atoms with Crippen molar-refractivity contribution in [1.29, 1.82) is 0 Å². The van der Waals surface area contributed by atoms with Gasteiger partial charge in [-0.2, -0.15) is 17.9 Å². The first-order valence-electron chi connectivity index (χ1n) is 8.25. The molecular formula is C19H16F3N3O3. The van der Waals surface area contributed by atoms with Gasteiger partial charge < -0.3 is 9.25 Å². The van der Waals surface area contributed by atoms with Crippen LogP contribution in [-0.2, 0) is 17.6 Å². The molecule has 0 radical (unpaired) electrons. The second-order valence-electron chi connectivity index (χ2n) is 5.96. The number of aryl methyl sites for hydroxylation is 1. The summed E-state index contributed by atoms with van der Waals surface area (Å²) >= 11 is 0. The van der Waals surface area contributed by atoms with Crippen LogP contribution in [0.15, 0.2) is 62.9 Å². The Morgan fingerprint density at radius 1 is 1.21 bits per heavy atom. The second kappa shape index (κ2) is 7.71. The number of hydrogen-bond donors (Lipinski definition) is 0. The average molecular weight is 391 g/mol. The maximum Gasteiger partial charge on any atom is 0.441 e. The van der Waals surface area contributed by atoms with Crippen molar-refractivity contribution >= 4 is 5.71 Å². The summed E-state index contributed by atoms with van der Waals surface area (Å²) in [5.41, 5.74) is 0.907. The maximum absolute atomic E-state index is 12.8. The second-order valence-corrected chi connectivity index (χ2v) is 5.96. The van der Waals surface area contributed by atoms with Gasteiger partial charge in [-0.05, 0) is 30.7 Å². The fourth-order valence-electron chi connectivity index (χ4n) is 2.54. The molecule has 1 heterocycles. The number of rotatable bonds is 5. The van der Waals surface area contributed by atoms with Crippen LogP contribution in [0.4, 0.5) is 13.2 Å². The standard InChI is InChI=1S/C19H16F3N3O3/c1-12(14-7-5-8-16(10-14)19(20,21)22)24-27-11-15-6-3-4-9-17(15)25-18(26)28-13(2)23-25/h3-10H,11H2,1-2H3/b24-12+. The Kier molecular flexibility index (Phi) is 5.34. The van der Waals surface area contributed by atoms with Crippen molar-refractivity contribution < 1.29 is 22.4 Å². The Morgan fingerprint density at radius 3 is 2.64 bits per heavy atom. The van der Waals surface area contributed by atoms with E-state index in [-0.39, 0.29) is 18.2 Å². The number of para-hydroxylation sites is 1. The fourth-order valence-corrected chi connectivity index (χ4v) is 2.54. The minimum atomic E-state index is -4.43. The molecule has 146 valence electrons. The van der Waals surface area contributed by atoms with Crippen LogP contribution in [0.5, 0.6) is 0 Å². The van der Waals surface area contributed by atoms with E-state index in [9.17, 15) is 18.0 Å². The molecule has 3 aromatic rings. The van der Waals surface area contributed by atoms with E-state index in [1.54, 1.807) is 38.1 Å². The van der Waals surface area contributed by atoms with Crippen LogP contribution in [-0.4, -0.2) is 15.5 Å². The van der Waals surface area contributed by atoms with Crippen LogP contribution in [0.3, 0.4) is 0 Å². The lowest BCUT2D eigenvalue weighted by Gasteiger charge is -2.09. The van der Waals surface area contributed by atoms with Gasteiger partial charge in [0, 0.05) is 12.5 Å². The molecule has 0 bridgehead atoms. The van der Waals surface area contributed by atoms with Gasteiger partial charge in [0.1, 0.15) is 6.61 Å². The number of benzene rings is 2. The first-order valence-corrected chi connectivity index (χ1v) is 8.25. The Balaban J connectivity index is 1.79. The molecule has 0 aliphatic rings. The lowest BCUT2D eigenvalue weighted by Crippen LogP contribution is -2.15. The summed E-state index contributed by atoms with van der Waals surface area (Å²) in [6.45, 7) is 3.09. The SMILES string of the molecule is C/C(=N\OCc1ccccc1-n1nc(C)oc1=O)c1cccc(C(F)(F)F)c1. The summed E-state index contributed by atoms with van der Waals surface area (Å²) in [5, 5.41) is 7.90. The van der Waals surface area contributed by atoms with Crippen molar-refractivity contribution in [3.05, 3.63) is 81.7 Å². The van der Waals surface area contributed by atoms with Gasteiger partial charge in [0.25, 0.3) is 0 Å². The zero-order chi connectivity index (χ0) is 20.3. The number of nitrogens with zero attached hydrogens (tertiary/aromatic N) is 3. The van der Waals surface area contributed by atoms with Gasteiger partial charge in [0.05, 0.1) is 17.0 Å². The van der Waals surface area contributed by atoms with E-state index in [4.69, 9.17) is 9.25 Å². The monoisotopic (exact) mass is 391 g/mol. The normalized spacial score (nSPS) is 12.2. The Labute approximate surface area is 157 Å². The molecule has 0 spiro atoms. The number of alkyl halides is 3. The zero-order valence-electron chi connectivity index (χ0n) is 15.0. The van der Waals surface area contributed by atoms with Crippen molar-refractivity contribution in [1.82, 2.24) is 9.78 Å². The highest BCUT2D eigenvalue weighted by atomic mass is 19.4. The van der Waals surface area contributed by atoms with E-state index in [2.05, 4.69) is 10.3 Å². The van der Waals surface area contributed by atoms with Crippen molar-refractivity contribution in [2.75, 3.05) is 0 Å². The van der Waals surface area contributed by atoms with Crippen LogP contribution in [0.1, 0.15) is 29.5 Å². The van der Waals surface area contributed by atoms with Gasteiger partial charge in [-0.15, -0.1) is 5.10 Å². The predicted molar refractivity (Wildman–Crippen MR) is 95.3 cm³/mol. The van der Waals surface area contributed by atoms with Gasteiger partial charge in [-0.1, -0.05) is 35.5 Å². The van der Waals surface area contributed by atoms with Crippen molar-refractivity contribution in [3.8, 4) is 5.69 Å². The molecule has 0 unspecified atom stereocenters. The molecule has 1 aromatic heterocycles. The summed E-state index contributed by atoms with van der Waals surface area (Å²) in [7, 11) is 0. The summed E-state index contributed by atoms with van der Waals surface area (Å²) in [4.78, 5) is 17.1. The third-order valence-corrected chi connectivity index (χ3v) is 3.90. The van der Waals surface area contributed by atoms with E-state index >= 15 is 0 Å². The molecule has 0 amide bonds. The van der Waals surface area contributed by atoms with Crippen LogP contribution >= 0.6 is 0 Å². The topological polar surface area (TPSA) is 69.6 Å². The van der Waals surface area contributed by atoms with Crippen molar-refractivity contribution in [3.63, 3.8) is 0 Å². The molecule has 2 aromatic carbocycles.